The van der Waals surface area contributed by atoms with E-state index in [4.69, 9.17) is 22.1 Å². The molecule has 18 heavy (non-hydrogen) atoms. The zero-order valence-electron chi connectivity index (χ0n) is 10.6. The van der Waals surface area contributed by atoms with Crippen molar-refractivity contribution in [2.75, 3.05) is 13.7 Å². The molecule has 1 saturated carbocycles. The van der Waals surface area contributed by atoms with Crippen LogP contribution in [0.25, 0.3) is 0 Å². The van der Waals surface area contributed by atoms with Crippen molar-refractivity contribution >= 4 is 11.6 Å². The van der Waals surface area contributed by atoms with Gasteiger partial charge in [-0.2, -0.15) is 0 Å². The number of methoxy groups -OCH3 is 1. The average Bonchev–Trinajstić information content (AvgIpc) is 2.41. The zero-order valence-corrected chi connectivity index (χ0v) is 11.4. The van der Waals surface area contributed by atoms with Gasteiger partial charge >= 0.3 is 0 Å². The van der Waals surface area contributed by atoms with Crippen LogP contribution < -0.4 is 10.5 Å². The Morgan fingerprint density at radius 2 is 2.00 bits per heavy atom. The molecule has 2 nitrogen and oxygen atoms in total. The van der Waals surface area contributed by atoms with E-state index in [0.717, 1.165) is 31.2 Å². The minimum Gasteiger partial charge on any atom is -0.493 e. The molecular formula is C14H19ClFNO. The van der Waals surface area contributed by atoms with Crippen molar-refractivity contribution in [3.63, 3.8) is 0 Å². The lowest BCUT2D eigenvalue weighted by molar-refractivity contribution is 0.283. The second kappa shape index (κ2) is 5.45. The molecule has 0 atom stereocenters. The molecule has 100 valence electrons. The first-order valence-electron chi connectivity index (χ1n) is 6.37. The minimum atomic E-state index is -0.365. The fourth-order valence-electron chi connectivity index (χ4n) is 3.01. The van der Waals surface area contributed by atoms with Gasteiger partial charge in [0.25, 0.3) is 0 Å². The van der Waals surface area contributed by atoms with Gasteiger partial charge in [-0.05, 0) is 25.0 Å². The van der Waals surface area contributed by atoms with E-state index >= 15 is 0 Å². The third-order valence-electron chi connectivity index (χ3n) is 3.99. The predicted molar refractivity (Wildman–Crippen MR) is 71.8 cm³/mol. The first-order chi connectivity index (χ1) is 8.64. The lowest BCUT2D eigenvalue weighted by Gasteiger charge is -2.38. The van der Waals surface area contributed by atoms with Gasteiger partial charge in [0.15, 0.2) is 11.6 Å². The van der Waals surface area contributed by atoms with Crippen LogP contribution in [-0.4, -0.2) is 13.7 Å². The van der Waals surface area contributed by atoms with Gasteiger partial charge in [0.1, 0.15) is 0 Å². The summed E-state index contributed by atoms with van der Waals surface area (Å²) in [4.78, 5) is 0. The number of nitrogens with two attached hydrogens (primary N) is 1. The molecule has 2 N–H and O–H groups in total. The lowest BCUT2D eigenvalue weighted by atomic mass is 9.69. The van der Waals surface area contributed by atoms with Crippen LogP contribution in [-0.2, 0) is 5.41 Å². The van der Waals surface area contributed by atoms with Crippen molar-refractivity contribution in [3.05, 3.63) is 28.5 Å². The molecule has 1 aliphatic carbocycles. The van der Waals surface area contributed by atoms with Gasteiger partial charge in [-0.3, -0.25) is 0 Å². The predicted octanol–water partition coefficient (Wildman–Crippen LogP) is 3.65. The number of halogens is 2. The summed E-state index contributed by atoms with van der Waals surface area (Å²) < 4.78 is 19.1. The van der Waals surface area contributed by atoms with E-state index in [9.17, 15) is 4.39 Å². The van der Waals surface area contributed by atoms with Crippen LogP contribution in [0.3, 0.4) is 0 Å². The molecule has 1 aromatic carbocycles. The van der Waals surface area contributed by atoms with Crippen molar-refractivity contribution in [2.24, 2.45) is 5.73 Å². The SMILES string of the molecule is COc1c(F)ccc(Cl)c1C1(CN)CCCCC1. The average molecular weight is 272 g/mol. The van der Waals surface area contributed by atoms with Crippen LogP contribution in [0.1, 0.15) is 37.7 Å². The molecule has 0 radical (unpaired) electrons. The Morgan fingerprint density at radius 3 is 2.56 bits per heavy atom. The molecule has 0 aromatic heterocycles. The summed E-state index contributed by atoms with van der Waals surface area (Å²) >= 11 is 6.28. The van der Waals surface area contributed by atoms with E-state index in [0.29, 0.717) is 11.6 Å². The summed E-state index contributed by atoms with van der Waals surface area (Å²) in [6.45, 7) is 0.479. The lowest BCUT2D eigenvalue weighted by Crippen LogP contribution is -2.38. The van der Waals surface area contributed by atoms with Crippen LogP contribution in [0.2, 0.25) is 5.02 Å². The van der Waals surface area contributed by atoms with Crippen molar-refractivity contribution in [2.45, 2.75) is 37.5 Å². The third-order valence-corrected chi connectivity index (χ3v) is 4.31. The van der Waals surface area contributed by atoms with Crippen LogP contribution in [0.5, 0.6) is 5.75 Å². The monoisotopic (exact) mass is 271 g/mol. The van der Waals surface area contributed by atoms with E-state index in [2.05, 4.69) is 0 Å². The quantitative estimate of drug-likeness (QED) is 0.911. The molecule has 4 heteroatoms. The molecule has 0 amide bonds. The number of hydrogen-bond donors (Lipinski definition) is 1. The van der Waals surface area contributed by atoms with Gasteiger partial charge in [0.05, 0.1) is 7.11 Å². The Balaban J connectivity index is 2.56. The van der Waals surface area contributed by atoms with E-state index in [1.165, 1.54) is 19.6 Å². The topological polar surface area (TPSA) is 35.2 Å². The maximum atomic E-state index is 13.9. The first kappa shape index (κ1) is 13.6. The zero-order chi connectivity index (χ0) is 13.2. The third kappa shape index (κ3) is 2.21. The van der Waals surface area contributed by atoms with E-state index in [1.807, 2.05) is 0 Å². The van der Waals surface area contributed by atoms with Crippen molar-refractivity contribution in [1.82, 2.24) is 0 Å². The van der Waals surface area contributed by atoms with Crippen LogP contribution in [0, 0.1) is 5.82 Å². The Bertz CT molecular complexity index is 430. The minimum absolute atomic E-state index is 0.233. The molecule has 2 rings (SSSR count). The Kier molecular flexibility index (Phi) is 4.13. The highest BCUT2D eigenvalue weighted by molar-refractivity contribution is 6.31. The van der Waals surface area contributed by atoms with Crippen molar-refractivity contribution < 1.29 is 9.13 Å². The Hall–Kier alpha value is -0.800. The second-order valence-corrected chi connectivity index (χ2v) is 5.39. The molecular weight excluding hydrogens is 253 g/mol. The van der Waals surface area contributed by atoms with Gasteiger partial charge in [0.2, 0.25) is 0 Å². The van der Waals surface area contributed by atoms with Crippen LogP contribution in [0.4, 0.5) is 4.39 Å². The second-order valence-electron chi connectivity index (χ2n) is 4.98. The highest BCUT2D eigenvalue weighted by atomic mass is 35.5. The number of hydrogen-bond acceptors (Lipinski definition) is 2. The summed E-state index contributed by atoms with van der Waals surface area (Å²) in [5.41, 5.74) is 6.50. The Morgan fingerprint density at radius 1 is 1.33 bits per heavy atom. The highest BCUT2D eigenvalue weighted by Crippen LogP contribution is 2.46. The van der Waals surface area contributed by atoms with E-state index < -0.39 is 0 Å². The van der Waals surface area contributed by atoms with Gasteiger partial charge in [0, 0.05) is 22.5 Å². The fraction of sp³-hybridized carbons (Fsp3) is 0.571. The molecule has 0 saturated heterocycles. The summed E-state index contributed by atoms with van der Waals surface area (Å²) in [6.07, 6.45) is 5.31. The van der Waals surface area contributed by atoms with Crippen molar-refractivity contribution in [1.29, 1.82) is 0 Å². The van der Waals surface area contributed by atoms with Gasteiger partial charge < -0.3 is 10.5 Å². The molecule has 1 fully saturated rings. The van der Waals surface area contributed by atoms with Gasteiger partial charge in [-0.25, -0.2) is 4.39 Å². The number of benzene rings is 1. The summed E-state index contributed by atoms with van der Waals surface area (Å²) in [5, 5.41) is 0.556. The Labute approximate surface area is 112 Å². The number of rotatable bonds is 3. The smallest absolute Gasteiger partial charge is 0.165 e. The standard InChI is InChI=1S/C14H19ClFNO/c1-18-13-11(16)6-5-10(15)12(13)14(9-17)7-3-2-4-8-14/h5-6H,2-4,7-9,17H2,1H3. The van der Waals surface area contributed by atoms with E-state index in [1.54, 1.807) is 6.07 Å². The van der Waals surface area contributed by atoms with Crippen molar-refractivity contribution in [3.8, 4) is 5.75 Å². The normalized spacial score (nSPS) is 18.7. The molecule has 0 unspecified atom stereocenters. The summed E-state index contributed by atoms with van der Waals surface area (Å²) in [5.74, 6) is -0.106. The van der Waals surface area contributed by atoms with E-state index in [-0.39, 0.29) is 17.0 Å². The summed E-state index contributed by atoms with van der Waals surface area (Å²) in [6, 6.07) is 2.94. The molecule has 0 heterocycles. The summed E-state index contributed by atoms with van der Waals surface area (Å²) in [7, 11) is 1.48. The maximum absolute atomic E-state index is 13.9. The molecule has 0 spiro atoms. The maximum Gasteiger partial charge on any atom is 0.165 e. The number of ether oxygens (including phenoxy) is 1. The molecule has 0 bridgehead atoms. The van der Waals surface area contributed by atoms with Crippen LogP contribution >= 0.6 is 11.6 Å². The van der Waals surface area contributed by atoms with Gasteiger partial charge in [-0.15, -0.1) is 0 Å². The fourth-order valence-corrected chi connectivity index (χ4v) is 3.36. The molecule has 0 aliphatic heterocycles. The molecule has 1 aliphatic rings. The first-order valence-corrected chi connectivity index (χ1v) is 6.75. The van der Waals surface area contributed by atoms with Crippen LogP contribution in [0.15, 0.2) is 12.1 Å². The van der Waals surface area contributed by atoms with Gasteiger partial charge in [-0.1, -0.05) is 30.9 Å². The highest BCUT2D eigenvalue weighted by Gasteiger charge is 2.37. The molecule has 1 aromatic rings. The largest absolute Gasteiger partial charge is 0.493 e.